The van der Waals surface area contributed by atoms with Gasteiger partial charge in [0.25, 0.3) is 5.01 Å². The van der Waals surface area contributed by atoms with Gasteiger partial charge in [-0.25, -0.2) is 0 Å². The van der Waals surface area contributed by atoms with Crippen molar-refractivity contribution in [1.29, 1.82) is 0 Å². The molecule has 0 saturated heterocycles. The Hall–Kier alpha value is -2.43. The molecule has 0 fully saturated rings. The smallest absolute Gasteiger partial charge is 0.262 e. The molecule has 2 aromatic carbocycles. The normalized spacial score (nSPS) is 11.6. The highest BCUT2D eigenvalue weighted by Gasteiger charge is 2.14. The Bertz CT molecular complexity index is 960. The van der Waals surface area contributed by atoms with E-state index in [9.17, 15) is 4.79 Å². The van der Waals surface area contributed by atoms with Crippen LogP contribution >= 0.6 is 22.9 Å². The second-order valence-electron chi connectivity index (χ2n) is 5.54. The molecule has 1 amide bonds. The van der Waals surface area contributed by atoms with Crippen LogP contribution in [-0.4, -0.2) is 5.91 Å². The molecule has 0 radical (unpaired) electrons. The molecule has 0 spiro atoms. The highest BCUT2D eigenvalue weighted by Crippen LogP contribution is 2.24. The molecule has 0 atom stereocenters. The lowest BCUT2D eigenvalue weighted by Gasteiger charge is -2.15. The van der Waals surface area contributed by atoms with Gasteiger partial charge in [0.2, 0.25) is 11.4 Å². The first-order valence-corrected chi connectivity index (χ1v) is 9.03. The van der Waals surface area contributed by atoms with E-state index in [1.54, 1.807) is 29.4 Å². The summed E-state index contributed by atoms with van der Waals surface area (Å²) in [6, 6.07) is 15.5. The Morgan fingerprint density at radius 1 is 1.16 bits per heavy atom. The van der Waals surface area contributed by atoms with E-state index in [0.717, 1.165) is 21.2 Å². The van der Waals surface area contributed by atoms with Gasteiger partial charge in [0.1, 0.15) is 11.7 Å². The molecule has 3 aromatic rings. The Labute approximate surface area is 156 Å². The average Bonchev–Trinajstić information content (AvgIpc) is 2.91. The largest absolute Gasteiger partial charge is 0.288 e. The van der Waals surface area contributed by atoms with Crippen molar-refractivity contribution in [3.8, 4) is 0 Å². The molecule has 25 heavy (non-hydrogen) atoms. The van der Waals surface area contributed by atoms with Gasteiger partial charge in [0.15, 0.2) is 0 Å². The van der Waals surface area contributed by atoms with Gasteiger partial charge in [-0.05, 0) is 30.3 Å². The van der Waals surface area contributed by atoms with Crippen molar-refractivity contribution < 1.29 is 9.36 Å². The van der Waals surface area contributed by atoms with Gasteiger partial charge in [-0.1, -0.05) is 47.2 Å². The van der Waals surface area contributed by atoms with Gasteiger partial charge in [0.05, 0.1) is 0 Å². The zero-order chi connectivity index (χ0) is 17.8. The van der Waals surface area contributed by atoms with Gasteiger partial charge in [-0.3, -0.25) is 9.69 Å². The molecule has 5 heteroatoms. The van der Waals surface area contributed by atoms with Gasteiger partial charge >= 0.3 is 0 Å². The fraction of sp³-hybridized carbons (Fsp3) is 0.100. The number of rotatable bonds is 4. The minimum Gasteiger partial charge on any atom is -0.288 e. The lowest BCUT2D eigenvalue weighted by Crippen LogP contribution is -2.28. The summed E-state index contributed by atoms with van der Waals surface area (Å²) in [5.41, 5.74) is 1.96. The summed E-state index contributed by atoms with van der Waals surface area (Å²) in [4.78, 5) is 13.5. The van der Waals surface area contributed by atoms with Crippen LogP contribution in [0.5, 0.6) is 0 Å². The third-order valence-electron chi connectivity index (χ3n) is 3.79. The third kappa shape index (κ3) is 3.98. The summed E-state index contributed by atoms with van der Waals surface area (Å²) in [6.07, 6.45) is 7.60. The minimum absolute atomic E-state index is 0.0297. The number of thiazole rings is 1. The van der Waals surface area contributed by atoms with Crippen molar-refractivity contribution in [2.75, 3.05) is 4.90 Å². The summed E-state index contributed by atoms with van der Waals surface area (Å²) >= 11 is 7.77. The maximum Gasteiger partial charge on any atom is 0.262 e. The Morgan fingerprint density at radius 3 is 2.64 bits per heavy atom. The number of carbonyl (C=O) groups is 1. The van der Waals surface area contributed by atoms with E-state index in [0.29, 0.717) is 0 Å². The maximum atomic E-state index is 11.8. The summed E-state index contributed by atoms with van der Waals surface area (Å²) in [5.74, 6) is -0.0297. The fourth-order valence-corrected chi connectivity index (χ4v) is 3.73. The number of nitrogens with zero attached hydrogens (tertiary/aromatic N) is 2. The zero-order valence-corrected chi connectivity index (χ0v) is 15.6. The van der Waals surface area contributed by atoms with Crippen LogP contribution in [-0.2, 0) is 11.8 Å². The molecular weight excluding hydrogens is 352 g/mol. The quantitative estimate of drug-likeness (QED) is 0.471. The first-order valence-electron chi connectivity index (χ1n) is 7.84. The van der Waals surface area contributed by atoms with E-state index in [1.165, 1.54) is 4.70 Å². The molecule has 1 heterocycles. The lowest BCUT2D eigenvalue weighted by molar-refractivity contribution is -0.642. The van der Waals surface area contributed by atoms with Crippen molar-refractivity contribution in [2.45, 2.75) is 6.92 Å². The molecule has 0 aliphatic carbocycles. The number of hydrogen-bond donors (Lipinski definition) is 0. The van der Waals surface area contributed by atoms with Crippen molar-refractivity contribution >= 4 is 50.8 Å². The predicted octanol–water partition coefficient (Wildman–Crippen LogP) is 4.96. The van der Waals surface area contributed by atoms with E-state index in [4.69, 9.17) is 11.6 Å². The molecule has 0 aliphatic heterocycles. The van der Waals surface area contributed by atoms with Crippen molar-refractivity contribution in [1.82, 2.24) is 0 Å². The summed E-state index contributed by atoms with van der Waals surface area (Å²) in [6.45, 7) is 1.55. The van der Waals surface area contributed by atoms with E-state index in [2.05, 4.69) is 4.57 Å². The molecule has 0 aliphatic rings. The molecule has 0 N–H and O–H groups in total. The molecule has 1 aromatic heterocycles. The van der Waals surface area contributed by atoms with Gasteiger partial charge in [-0.2, -0.15) is 4.57 Å². The van der Waals surface area contributed by atoms with E-state index in [1.807, 2.05) is 73.8 Å². The van der Waals surface area contributed by atoms with Crippen LogP contribution in [0.15, 0.2) is 66.9 Å². The standard InChI is InChI=1S/C20H18ClN2OS/c1-15(24)23(17-8-4-3-5-9-17)13-7-6-10-20-22(2)18-14-16(21)11-12-19(18)25-20/h3-14H,1-2H3/q+1. The molecular formula is C20H18ClN2OS+. The highest BCUT2D eigenvalue weighted by atomic mass is 35.5. The highest BCUT2D eigenvalue weighted by molar-refractivity contribution is 7.18. The van der Waals surface area contributed by atoms with Crippen LogP contribution < -0.4 is 9.47 Å². The van der Waals surface area contributed by atoms with E-state index < -0.39 is 0 Å². The number of hydrogen-bond acceptors (Lipinski definition) is 2. The summed E-state index contributed by atoms with van der Waals surface area (Å²) < 4.78 is 3.29. The number of carbonyl (C=O) groups excluding carboxylic acids is 1. The molecule has 126 valence electrons. The van der Waals surface area contributed by atoms with Crippen LogP contribution in [0.1, 0.15) is 11.9 Å². The minimum atomic E-state index is -0.0297. The summed E-state index contributed by atoms with van der Waals surface area (Å²) in [5, 5.41) is 1.84. The number of allylic oxidation sites excluding steroid dienone is 2. The molecule has 0 unspecified atom stereocenters. The number of aryl methyl sites for hydroxylation is 1. The molecule has 3 rings (SSSR count). The van der Waals surface area contributed by atoms with Crippen LogP contribution in [0.2, 0.25) is 5.02 Å². The van der Waals surface area contributed by atoms with E-state index in [-0.39, 0.29) is 5.91 Å². The molecule has 0 bridgehead atoms. The monoisotopic (exact) mass is 369 g/mol. The predicted molar refractivity (Wildman–Crippen MR) is 106 cm³/mol. The van der Waals surface area contributed by atoms with Crippen molar-refractivity contribution in [3.63, 3.8) is 0 Å². The van der Waals surface area contributed by atoms with Crippen LogP contribution in [0.25, 0.3) is 16.3 Å². The van der Waals surface area contributed by atoms with Crippen LogP contribution in [0.3, 0.4) is 0 Å². The summed E-state index contributed by atoms with van der Waals surface area (Å²) in [7, 11) is 2.02. The van der Waals surface area contributed by atoms with Crippen molar-refractivity contribution in [2.24, 2.45) is 7.05 Å². The average molecular weight is 370 g/mol. The number of para-hydroxylation sites is 1. The fourth-order valence-electron chi connectivity index (χ4n) is 2.52. The number of amides is 1. The SMILES string of the molecule is CC(=O)N(/C=C/C=C/c1sc2ccc(Cl)cc2[n+]1C)c1ccccc1. The van der Waals surface area contributed by atoms with Gasteiger partial charge in [0, 0.05) is 36.0 Å². The second-order valence-corrected chi connectivity index (χ2v) is 7.04. The first-order chi connectivity index (χ1) is 12.1. The number of aromatic nitrogens is 1. The number of halogens is 1. The number of anilines is 1. The maximum absolute atomic E-state index is 11.8. The van der Waals surface area contributed by atoms with Crippen molar-refractivity contribution in [3.05, 3.63) is 76.9 Å². The Morgan fingerprint density at radius 2 is 1.92 bits per heavy atom. The Balaban J connectivity index is 1.81. The van der Waals surface area contributed by atoms with E-state index >= 15 is 0 Å². The lowest BCUT2D eigenvalue weighted by atomic mass is 10.3. The molecule has 3 nitrogen and oxygen atoms in total. The van der Waals surface area contributed by atoms with Gasteiger partial charge < -0.3 is 0 Å². The zero-order valence-electron chi connectivity index (χ0n) is 14.0. The number of benzene rings is 2. The Kier molecular flexibility index (Phi) is 5.31. The van der Waals surface area contributed by atoms with Crippen LogP contribution in [0.4, 0.5) is 5.69 Å². The van der Waals surface area contributed by atoms with Gasteiger partial charge in [-0.15, -0.1) is 0 Å². The van der Waals surface area contributed by atoms with Crippen LogP contribution in [0, 0.1) is 0 Å². The molecule has 0 saturated carbocycles. The second kappa shape index (κ2) is 7.64. The number of fused-ring (bicyclic) bond motifs is 1. The third-order valence-corrected chi connectivity index (χ3v) is 5.21. The first kappa shape index (κ1) is 17.4. The topological polar surface area (TPSA) is 24.2 Å².